The Labute approximate surface area is 78.4 Å². The van der Waals surface area contributed by atoms with Gasteiger partial charge >= 0.3 is 0 Å². The highest BCUT2D eigenvalue weighted by molar-refractivity contribution is 5.32. The van der Waals surface area contributed by atoms with Crippen LogP contribution in [0.25, 0.3) is 0 Å². The number of benzene rings is 1. The lowest BCUT2D eigenvalue weighted by atomic mass is 9.98. The van der Waals surface area contributed by atoms with Crippen LogP contribution in [0.3, 0.4) is 0 Å². The summed E-state index contributed by atoms with van der Waals surface area (Å²) < 4.78 is 0. The second-order valence-corrected chi connectivity index (χ2v) is 3.42. The van der Waals surface area contributed by atoms with Crippen molar-refractivity contribution in [3.63, 3.8) is 0 Å². The molecule has 68 valence electrons. The van der Waals surface area contributed by atoms with Crippen LogP contribution in [0.1, 0.15) is 31.1 Å². The Morgan fingerprint density at radius 3 is 2.15 bits per heavy atom. The first-order valence-corrected chi connectivity index (χ1v) is 4.33. The smallest absolute Gasteiger partial charge is 0.0991 e. The van der Waals surface area contributed by atoms with Gasteiger partial charge in [-0.2, -0.15) is 5.26 Å². The van der Waals surface area contributed by atoms with Crippen molar-refractivity contribution in [2.75, 3.05) is 0 Å². The van der Waals surface area contributed by atoms with Crippen molar-refractivity contribution >= 4 is 0 Å². The average Bonchev–Trinajstić information content (AvgIpc) is 2.17. The van der Waals surface area contributed by atoms with Gasteiger partial charge in [-0.05, 0) is 23.6 Å². The van der Waals surface area contributed by atoms with Crippen LogP contribution >= 0.6 is 0 Å². The van der Waals surface area contributed by atoms with Gasteiger partial charge in [0.1, 0.15) is 0 Å². The molecular weight excluding hydrogens is 162 g/mol. The first-order chi connectivity index (χ1) is 6.15. The van der Waals surface area contributed by atoms with Crippen LogP contribution in [0.5, 0.6) is 0 Å². The van der Waals surface area contributed by atoms with Crippen molar-refractivity contribution in [3.8, 4) is 6.07 Å². The summed E-state index contributed by atoms with van der Waals surface area (Å²) in [7, 11) is 0. The Kier molecular flexibility index (Phi) is 3.05. The fraction of sp³-hybridized carbons (Fsp3) is 0.364. The number of nitrogens with zero attached hydrogens (tertiary/aromatic N) is 1. The lowest BCUT2D eigenvalue weighted by molar-refractivity contribution is 0.127. The van der Waals surface area contributed by atoms with Crippen molar-refractivity contribution in [2.24, 2.45) is 5.92 Å². The summed E-state index contributed by atoms with van der Waals surface area (Å²) in [5.74, 6) is 0.202. The molecule has 0 saturated heterocycles. The summed E-state index contributed by atoms with van der Waals surface area (Å²) in [5, 5.41) is 18.2. The Balaban J connectivity index is 2.87. The van der Waals surface area contributed by atoms with E-state index >= 15 is 0 Å². The first-order valence-electron chi connectivity index (χ1n) is 4.33. The van der Waals surface area contributed by atoms with Crippen LogP contribution in [-0.4, -0.2) is 5.11 Å². The predicted octanol–water partition coefficient (Wildman–Crippen LogP) is 2.25. The third-order valence-corrected chi connectivity index (χ3v) is 2.01. The van der Waals surface area contributed by atoms with Crippen LogP contribution < -0.4 is 0 Å². The number of nitriles is 1. The maximum absolute atomic E-state index is 9.68. The van der Waals surface area contributed by atoms with Crippen molar-refractivity contribution in [1.29, 1.82) is 5.26 Å². The molecule has 2 nitrogen and oxygen atoms in total. The zero-order valence-electron chi connectivity index (χ0n) is 7.86. The van der Waals surface area contributed by atoms with Gasteiger partial charge in [-0.3, -0.25) is 0 Å². The molecule has 0 amide bonds. The molecule has 0 aliphatic carbocycles. The fourth-order valence-corrected chi connectivity index (χ4v) is 1.14. The normalized spacial score (nSPS) is 12.5. The number of hydrogen-bond acceptors (Lipinski definition) is 2. The van der Waals surface area contributed by atoms with E-state index in [0.29, 0.717) is 5.56 Å². The topological polar surface area (TPSA) is 44.0 Å². The SMILES string of the molecule is CC(C)C(O)c1ccc(C#N)cc1. The minimum Gasteiger partial charge on any atom is -0.388 e. The van der Waals surface area contributed by atoms with Gasteiger partial charge in [0, 0.05) is 0 Å². The number of hydrogen-bond donors (Lipinski definition) is 1. The van der Waals surface area contributed by atoms with E-state index in [0.717, 1.165) is 5.56 Å². The summed E-state index contributed by atoms with van der Waals surface area (Å²) in [5.41, 5.74) is 1.49. The highest BCUT2D eigenvalue weighted by Crippen LogP contribution is 2.20. The lowest BCUT2D eigenvalue weighted by Crippen LogP contribution is -2.04. The van der Waals surface area contributed by atoms with Gasteiger partial charge in [0.15, 0.2) is 0 Å². The Hall–Kier alpha value is -1.33. The van der Waals surface area contributed by atoms with E-state index in [1.807, 2.05) is 19.9 Å². The highest BCUT2D eigenvalue weighted by atomic mass is 16.3. The van der Waals surface area contributed by atoms with E-state index in [1.165, 1.54) is 0 Å². The standard InChI is InChI=1S/C11H13NO/c1-8(2)11(13)10-5-3-9(7-12)4-6-10/h3-6,8,11,13H,1-2H3. The molecule has 1 aromatic rings. The monoisotopic (exact) mass is 175 g/mol. The van der Waals surface area contributed by atoms with E-state index in [-0.39, 0.29) is 5.92 Å². The van der Waals surface area contributed by atoms with Crippen molar-refractivity contribution in [1.82, 2.24) is 0 Å². The quantitative estimate of drug-likeness (QED) is 0.749. The molecule has 1 aromatic carbocycles. The van der Waals surface area contributed by atoms with Crippen molar-refractivity contribution in [2.45, 2.75) is 20.0 Å². The zero-order chi connectivity index (χ0) is 9.84. The van der Waals surface area contributed by atoms with Gasteiger partial charge in [0.25, 0.3) is 0 Å². The van der Waals surface area contributed by atoms with Crippen LogP contribution in [-0.2, 0) is 0 Å². The Bertz CT molecular complexity index is 308. The van der Waals surface area contributed by atoms with E-state index in [9.17, 15) is 5.11 Å². The first kappa shape index (κ1) is 9.76. The molecule has 2 heteroatoms. The summed E-state index contributed by atoms with van der Waals surface area (Å²) in [6.45, 7) is 3.92. The number of aliphatic hydroxyl groups is 1. The molecule has 0 aliphatic heterocycles. The molecule has 0 bridgehead atoms. The predicted molar refractivity (Wildman–Crippen MR) is 51.0 cm³/mol. The maximum Gasteiger partial charge on any atom is 0.0991 e. The van der Waals surface area contributed by atoms with E-state index in [4.69, 9.17) is 5.26 Å². The van der Waals surface area contributed by atoms with Gasteiger partial charge in [-0.25, -0.2) is 0 Å². The molecular formula is C11H13NO. The largest absolute Gasteiger partial charge is 0.388 e. The molecule has 13 heavy (non-hydrogen) atoms. The molecule has 1 N–H and O–H groups in total. The van der Waals surface area contributed by atoms with Gasteiger partial charge < -0.3 is 5.11 Å². The summed E-state index contributed by atoms with van der Waals surface area (Å²) >= 11 is 0. The van der Waals surface area contributed by atoms with E-state index < -0.39 is 6.10 Å². The van der Waals surface area contributed by atoms with Gasteiger partial charge in [-0.15, -0.1) is 0 Å². The van der Waals surface area contributed by atoms with Gasteiger partial charge in [0.05, 0.1) is 17.7 Å². The minimum atomic E-state index is -0.437. The average molecular weight is 175 g/mol. The molecule has 1 rings (SSSR count). The maximum atomic E-state index is 9.68. The van der Waals surface area contributed by atoms with Crippen LogP contribution in [0.2, 0.25) is 0 Å². The van der Waals surface area contributed by atoms with E-state index in [2.05, 4.69) is 0 Å². The zero-order valence-corrected chi connectivity index (χ0v) is 7.86. The Morgan fingerprint density at radius 1 is 1.23 bits per heavy atom. The summed E-state index contributed by atoms with van der Waals surface area (Å²) in [4.78, 5) is 0. The second-order valence-electron chi connectivity index (χ2n) is 3.42. The lowest BCUT2D eigenvalue weighted by Gasteiger charge is -2.14. The molecule has 0 spiro atoms. The number of rotatable bonds is 2. The van der Waals surface area contributed by atoms with Crippen LogP contribution in [0, 0.1) is 17.2 Å². The van der Waals surface area contributed by atoms with Crippen molar-refractivity contribution in [3.05, 3.63) is 35.4 Å². The number of aliphatic hydroxyl groups excluding tert-OH is 1. The highest BCUT2D eigenvalue weighted by Gasteiger charge is 2.10. The third-order valence-electron chi connectivity index (χ3n) is 2.01. The molecule has 0 heterocycles. The molecule has 0 radical (unpaired) electrons. The summed E-state index contributed by atoms with van der Waals surface area (Å²) in [6.07, 6.45) is -0.437. The molecule has 1 unspecified atom stereocenters. The molecule has 0 aromatic heterocycles. The van der Waals surface area contributed by atoms with Gasteiger partial charge in [-0.1, -0.05) is 26.0 Å². The molecule has 0 saturated carbocycles. The third kappa shape index (κ3) is 2.30. The molecule has 0 aliphatic rings. The molecule has 0 fully saturated rings. The van der Waals surface area contributed by atoms with Gasteiger partial charge in [0.2, 0.25) is 0 Å². The Morgan fingerprint density at radius 2 is 1.77 bits per heavy atom. The van der Waals surface area contributed by atoms with Crippen LogP contribution in [0.15, 0.2) is 24.3 Å². The minimum absolute atomic E-state index is 0.202. The van der Waals surface area contributed by atoms with Crippen molar-refractivity contribution < 1.29 is 5.11 Å². The molecule has 1 atom stereocenters. The fourth-order valence-electron chi connectivity index (χ4n) is 1.14. The second kappa shape index (κ2) is 4.06. The van der Waals surface area contributed by atoms with E-state index in [1.54, 1.807) is 24.3 Å². The summed E-state index contributed by atoms with van der Waals surface area (Å²) in [6, 6.07) is 9.08. The van der Waals surface area contributed by atoms with Crippen LogP contribution in [0.4, 0.5) is 0 Å².